The van der Waals surface area contributed by atoms with E-state index in [0.717, 1.165) is 25.1 Å². The lowest BCUT2D eigenvalue weighted by atomic mass is 10.2. The van der Waals surface area contributed by atoms with Crippen LogP contribution in [0.4, 0.5) is 11.4 Å². The topological polar surface area (TPSA) is 32.3 Å². The van der Waals surface area contributed by atoms with Gasteiger partial charge in [0.15, 0.2) is 0 Å². The predicted octanol–water partition coefficient (Wildman–Crippen LogP) is 5.86. The van der Waals surface area contributed by atoms with Gasteiger partial charge in [-0.25, -0.2) is 0 Å². The van der Waals surface area contributed by atoms with Crippen molar-refractivity contribution in [3.8, 4) is 0 Å². The fraction of sp³-hybridized carbons (Fsp3) is 0.214. The summed E-state index contributed by atoms with van der Waals surface area (Å²) in [6.45, 7) is 4.35. The van der Waals surface area contributed by atoms with Gasteiger partial charge >= 0.3 is 0 Å². The molecule has 1 fully saturated rings. The Morgan fingerprint density at radius 1 is 0.559 bits per heavy atom. The molecule has 5 rings (SSSR count). The SMILES string of the molecule is Cc1cccc(N2CP(c3ccccn3)CN(c3cccc(C)c3)CP(c3ccccn3)C2)c1. The molecule has 0 N–H and O–H groups in total. The van der Waals surface area contributed by atoms with Crippen molar-refractivity contribution in [1.82, 2.24) is 9.97 Å². The minimum atomic E-state index is -0.513. The molecule has 4 aromatic rings. The molecule has 3 heterocycles. The Bertz CT molecular complexity index is 1110. The zero-order valence-electron chi connectivity index (χ0n) is 19.7. The maximum atomic E-state index is 4.81. The summed E-state index contributed by atoms with van der Waals surface area (Å²) in [7, 11) is -1.03. The average Bonchev–Trinajstić information content (AvgIpc) is 2.85. The molecule has 2 aromatic heterocycles. The first kappa shape index (κ1) is 23.0. The van der Waals surface area contributed by atoms with Crippen LogP contribution in [-0.4, -0.2) is 35.1 Å². The van der Waals surface area contributed by atoms with E-state index in [0.29, 0.717) is 0 Å². The van der Waals surface area contributed by atoms with Crippen LogP contribution in [0.15, 0.2) is 97.3 Å². The molecule has 6 heteroatoms. The minimum absolute atomic E-state index is 0.513. The molecule has 0 radical (unpaired) electrons. The normalized spacial score (nSPS) is 18.9. The van der Waals surface area contributed by atoms with E-state index in [1.54, 1.807) is 0 Å². The third-order valence-corrected chi connectivity index (χ3v) is 10.6. The van der Waals surface area contributed by atoms with Crippen molar-refractivity contribution in [2.75, 3.05) is 34.9 Å². The minimum Gasteiger partial charge on any atom is -0.362 e. The quantitative estimate of drug-likeness (QED) is 0.340. The second-order valence-corrected chi connectivity index (χ2v) is 13.0. The van der Waals surface area contributed by atoms with Crippen LogP contribution >= 0.6 is 15.8 Å². The molecule has 1 saturated heterocycles. The average molecular weight is 485 g/mol. The molecule has 4 nitrogen and oxygen atoms in total. The van der Waals surface area contributed by atoms with E-state index >= 15 is 0 Å². The first-order chi connectivity index (χ1) is 16.7. The van der Waals surface area contributed by atoms with Gasteiger partial charge in [-0.3, -0.25) is 9.97 Å². The number of aryl methyl sites for hydroxylation is 2. The van der Waals surface area contributed by atoms with E-state index in [1.165, 1.54) is 33.4 Å². The van der Waals surface area contributed by atoms with Gasteiger partial charge in [0.05, 0.1) is 10.9 Å². The number of pyridine rings is 2. The van der Waals surface area contributed by atoms with Crippen LogP contribution in [-0.2, 0) is 0 Å². The summed E-state index contributed by atoms with van der Waals surface area (Å²) in [5.74, 6) is 0. The highest BCUT2D eigenvalue weighted by Crippen LogP contribution is 2.47. The number of anilines is 2. The molecule has 0 bridgehead atoms. The number of rotatable bonds is 4. The van der Waals surface area contributed by atoms with Gasteiger partial charge in [-0.05, 0) is 89.3 Å². The molecule has 0 amide bonds. The maximum Gasteiger partial charge on any atom is 0.0666 e. The molecule has 0 aliphatic carbocycles. The molecule has 1 aliphatic rings. The highest BCUT2D eigenvalue weighted by molar-refractivity contribution is 7.67. The smallest absolute Gasteiger partial charge is 0.0666 e. The van der Waals surface area contributed by atoms with Gasteiger partial charge in [0.1, 0.15) is 0 Å². The largest absolute Gasteiger partial charge is 0.362 e. The number of nitrogens with zero attached hydrogens (tertiary/aromatic N) is 4. The zero-order valence-corrected chi connectivity index (χ0v) is 21.5. The molecule has 0 spiro atoms. The van der Waals surface area contributed by atoms with Crippen molar-refractivity contribution < 1.29 is 0 Å². The Balaban J connectivity index is 1.57. The summed E-state index contributed by atoms with van der Waals surface area (Å²) in [4.78, 5) is 14.8. The lowest BCUT2D eigenvalue weighted by Crippen LogP contribution is -2.38. The Labute approximate surface area is 205 Å². The summed E-state index contributed by atoms with van der Waals surface area (Å²) in [6.07, 6.45) is 7.83. The second kappa shape index (κ2) is 10.6. The number of hydrogen-bond acceptors (Lipinski definition) is 4. The molecular weight excluding hydrogens is 454 g/mol. The van der Waals surface area contributed by atoms with E-state index in [4.69, 9.17) is 9.97 Å². The Kier molecular flexibility index (Phi) is 7.19. The summed E-state index contributed by atoms with van der Waals surface area (Å²) in [6, 6.07) is 30.5. The highest BCUT2D eigenvalue weighted by Gasteiger charge is 2.29. The fourth-order valence-electron chi connectivity index (χ4n) is 4.35. The molecule has 2 aromatic carbocycles. The van der Waals surface area contributed by atoms with Gasteiger partial charge in [-0.2, -0.15) is 0 Å². The van der Waals surface area contributed by atoms with Gasteiger partial charge in [0, 0.05) is 48.9 Å². The van der Waals surface area contributed by atoms with Crippen LogP contribution in [0.25, 0.3) is 0 Å². The zero-order chi connectivity index (χ0) is 23.3. The van der Waals surface area contributed by atoms with Crippen LogP contribution in [0, 0.1) is 13.8 Å². The van der Waals surface area contributed by atoms with Crippen LogP contribution in [0.2, 0.25) is 0 Å². The summed E-state index contributed by atoms with van der Waals surface area (Å²) in [5.41, 5.74) is 7.64. The lowest BCUT2D eigenvalue weighted by molar-refractivity contribution is 0.980. The monoisotopic (exact) mass is 484 g/mol. The van der Waals surface area contributed by atoms with Gasteiger partial charge in [0.2, 0.25) is 0 Å². The van der Waals surface area contributed by atoms with Crippen molar-refractivity contribution in [3.63, 3.8) is 0 Å². The second-order valence-electron chi connectivity index (χ2n) is 8.78. The molecule has 0 unspecified atom stereocenters. The third-order valence-electron chi connectivity index (χ3n) is 6.05. The fourth-order valence-corrected chi connectivity index (χ4v) is 9.18. The van der Waals surface area contributed by atoms with E-state index in [9.17, 15) is 0 Å². The van der Waals surface area contributed by atoms with Gasteiger partial charge < -0.3 is 9.80 Å². The van der Waals surface area contributed by atoms with Crippen molar-refractivity contribution in [1.29, 1.82) is 0 Å². The molecule has 1 aliphatic heterocycles. The van der Waals surface area contributed by atoms with Crippen LogP contribution in [0.1, 0.15) is 11.1 Å². The van der Waals surface area contributed by atoms with E-state index < -0.39 is 15.8 Å². The van der Waals surface area contributed by atoms with Crippen molar-refractivity contribution in [3.05, 3.63) is 108 Å². The van der Waals surface area contributed by atoms with Crippen LogP contribution in [0.5, 0.6) is 0 Å². The van der Waals surface area contributed by atoms with Gasteiger partial charge in [-0.1, -0.05) is 36.4 Å². The predicted molar refractivity (Wildman–Crippen MR) is 148 cm³/mol. The van der Waals surface area contributed by atoms with Crippen molar-refractivity contribution in [2.45, 2.75) is 13.8 Å². The molecule has 34 heavy (non-hydrogen) atoms. The molecule has 172 valence electrons. The van der Waals surface area contributed by atoms with Crippen LogP contribution < -0.4 is 20.7 Å². The van der Waals surface area contributed by atoms with E-state index in [2.05, 4.69) is 96.4 Å². The van der Waals surface area contributed by atoms with Gasteiger partial charge in [-0.15, -0.1) is 0 Å². The molecular formula is C28H30N4P2. The Hall–Kier alpha value is -2.80. The first-order valence-electron chi connectivity index (χ1n) is 11.6. The molecule has 0 saturated carbocycles. The van der Waals surface area contributed by atoms with Crippen molar-refractivity contribution >= 4 is 38.1 Å². The Morgan fingerprint density at radius 2 is 1.00 bits per heavy atom. The summed E-state index contributed by atoms with van der Waals surface area (Å²) in [5, 5.41) is 0. The lowest BCUT2D eigenvalue weighted by Gasteiger charge is -2.41. The number of hydrogen-bond donors (Lipinski definition) is 0. The van der Waals surface area contributed by atoms with Gasteiger partial charge in [0.25, 0.3) is 0 Å². The summed E-state index contributed by atoms with van der Waals surface area (Å²) < 4.78 is 0. The highest BCUT2D eigenvalue weighted by atomic mass is 31.1. The standard InChI is InChI=1S/C28H30N4P2/c1-23-9-7-11-25(17-23)31-19-33(27-13-3-5-15-29-27)21-32(26-12-8-10-24(2)18-26)22-34(20-31)28-14-4-6-16-30-28/h3-18H,19-22H2,1-2H3. The van der Waals surface area contributed by atoms with E-state index in [1.807, 2.05) is 24.5 Å². The Morgan fingerprint density at radius 3 is 1.35 bits per heavy atom. The maximum absolute atomic E-state index is 4.81. The molecule has 0 atom stereocenters. The van der Waals surface area contributed by atoms with E-state index in [-0.39, 0.29) is 0 Å². The summed E-state index contributed by atoms with van der Waals surface area (Å²) >= 11 is 0. The number of aromatic nitrogens is 2. The van der Waals surface area contributed by atoms with Crippen LogP contribution in [0.3, 0.4) is 0 Å². The van der Waals surface area contributed by atoms with Crippen molar-refractivity contribution in [2.24, 2.45) is 0 Å². The number of benzene rings is 2. The first-order valence-corrected chi connectivity index (χ1v) is 15.0. The third kappa shape index (κ3) is 5.46.